The summed E-state index contributed by atoms with van der Waals surface area (Å²) >= 11 is 3.47. The third-order valence-electron chi connectivity index (χ3n) is 3.87. The number of hydrogen-bond donors (Lipinski definition) is 1. The van der Waals surface area contributed by atoms with Gasteiger partial charge in [0.2, 0.25) is 0 Å². The third-order valence-corrected chi connectivity index (χ3v) is 4.52. The Bertz CT molecular complexity index is 840. The van der Waals surface area contributed by atoms with Gasteiger partial charge >= 0.3 is 0 Å². The van der Waals surface area contributed by atoms with Crippen molar-refractivity contribution in [2.24, 2.45) is 5.73 Å². The van der Waals surface area contributed by atoms with Gasteiger partial charge in [0.05, 0.1) is 10.5 Å². The lowest BCUT2D eigenvalue weighted by Crippen LogP contribution is -2.19. The molecule has 0 bridgehead atoms. The molecule has 0 aromatic heterocycles. The summed E-state index contributed by atoms with van der Waals surface area (Å²) in [7, 11) is 0. The van der Waals surface area contributed by atoms with Crippen molar-refractivity contribution in [3.63, 3.8) is 0 Å². The molecule has 0 aliphatic carbocycles. The van der Waals surface area contributed by atoms with Gasteiger partial charge in [-0.15, -0.1) is 0 Å². The topological polar surface area (TPSA) is 44.5 Å². The van der Waals surface area contributed by atoms with Gasteiger partial charge in [0.25, 0.3) is 0 Å². The smallest absolute Gasteiger partial charge is 0.137 e. The lowest BCUT2D eigenvalue weighted by atomic mass is 10.1. The highest BCUT2D eigenvalue weighted by Gasteiger charge is 2.10. The highest BCUT2D eigenvalue weighted by Crippen LogP contribution is 2.30. The van der Waals surface area contributed by atoms with Crippen LogP contribution in [0.5, 0.6) is 11.5 Å². The Labute approximate surface area is 160 Å². The predicted molar refractivity (Wildman–Crippen MR) is 104 cm³/mol. The van der Waals surface area contributed by atoms with E-state index in [2.05, 4.69) is 15.9 Å². The van der Waals surface area contributed by atoms with Gasteiger partial charge < -0.3 is 15.2 Å². The van der Waals surface area contributed by atoms with E-state index in [0.29, 0.717) is 18.1 Å². The summed E-state index contributed by atoms with van der Waals surface area (Å²) in [5.74, 6) is 1.07. The van der Waals surface area contributed by atoms with Gasteiger partial charge in [-0.3, -0.25) is 0 Å². The Morgan fingerprint density at radius 2 is 1.65 bits per heavy atom. The highest BCUT2D eigenvalue weighted by atomic mass is 79.9. The maximum Gasteiger partial charge on any atom is 0.137 e. The first kappa shape index (κ1) is 18.4. The van der Waals surface area contributed by atoms with E-state index in [1.807, 2.05) is 48.5 Å². The molecule has 0 aliphatic heterocycles. The van der Waals surface area contributed by atoms with E-state index in [0.717, 1.165) is 15.6 Å². The van der Waals surface area contributed by atoms with E-state index in [9.17, 15) is 4.39 Å². The molecule has 0 saturated heterocycles. The summed E-state index contributed by atoms with van der Waals surface area (Å²) in [6.07, 6.45) is 0. The van der Waals surface area contributed by atoms with E-state index in [4.69, 9.17) is 15.2 Å². The monoisotopic (exact) mass is 415 g/mol. The second-order valence-electron chi connectivity index (χ2n) is 5.84. The lowest BCUT2D eigenvalue weighted by Gasteiger charge is -2.15. The van der Waals surface area contributed by atoms with E-state index in [1.54, 1.807) is 12.1 Å². The molecule has 0 amide bonds. The average molecular weight is 416 g/mol. The molecule has 134 valence electrons. The van der Waals surface area contributed by atoms with Crippen LogP contribution in [0, 0.1) is 5.82 Å². The molecule has 1 unspecified atom stereocenters. The van der Waals surface area contributed by atoms with Gasteiger partial charge in [0.1, 0.15) is 30.5 Å². The fraction of sp³-hybridized carbons (Fsp3) is 0.143. The van der Waals surface area contributed by atoms with Crippen molar-refractivity contribution in [3.8, 4) is 11.5 Å². The molecule has 26 heavy (non-hydrogen) atoms. The van der Waals surface area contributed by atoms with Crippen molar-refractivity contribution in [3.05, 3.63) is 94.2 Å². The molecular weight excluding hydrogens is 397 g/mol. The van der Waals surface area contributed by atoms with Gasteiger partial charge in [-0.25, -0.2) is 4.39 Å². The first-order chi connectivity index (χ1) is 12.6. The summed E-state index contributed by atoms with van der Waals surface area (Å²) < 4.78 is 25.5. The maximum atomic E-state index is 13.0. The van der Waals surface area contributed by atoms with E-state index in [-0.39, 0.29) is 18.5 Å². The molecule has 0 aliphatic rings. The molecular formula is C21H19BrFNO2. The summed E-state index contributed by atoms with van der Waals surface area (Å²) in [6, 6.07) is 21.3. The minimum Gasteiger partial charge on any atom is -0.490 e. The molecule has 0 saturated carbocycles. The summed E-state index contributed by atoms with van der Waals surface area (Å²) in [6.45, 7) is 0.753. The highest BCUT2D eigenvalue weighted by molar-refractivity contribution is 9.10. The standard InChI is InChI=1S/C21H19BrFNO2/c22-19-11-10-18(25-13-15-4-2-1-3-5-15)12-21(19)26-14-20(24)16-6-8-17(23)9-7-16/h1-12,20H,13-14,24H2. The average Bonchev–Trinajstić information content (AvgIpc) is 2.67. The summed E-state index contributed by atoms with van der Waals surface area (Å²) in [4.78, 5) is 0. The zero-order chi connectivity index (χ0) is 18.4. The van der Waals surface area contributed by atoms with Crippen LogP contribution in [0.4, 0.5) is 4.39 Å². The molecule has 5 heteroatoms. The minimum atomic E-state index is -0.351. The van der Waals surface area contributed by atoms with Crippen molar-refractivity contribution in [2.75, 3.05) is 6.61 Å². The zero-order valence-electron chi connectivity index (χ0n) is 14.1. The van der Waals surface area contributed by atoms with Gasteiger partial charge in [0.15, 0.2) is 0 Å². The van der Waals surface area contributed by atoms with E-state index < -0.39 is 0 Å². The van der Waals surface area contributed by atoms with E-state index >= 15 is 0 Å². The number of rotatable bonds is 7. The van der Waals surface area contributed by atoms with Crippen LogP contribution in [-0.4, -0.2) is 6.61 Å². The van der Waals surface area contributed by atoms with Crippen molar-refractivity contribution >= 4 is 15.9 Å². The quantitative estimate of drug-likeness (QED) is 0.573. The van der Waals surface area contributed by atoms with Crippen LogP contribution < -0.4 is 15.2 Å². The van der Waals surface area contributed by atoms with Crippen LogP contribution in [-0.2, 0) is 6.61 Å². The lowest BCUT2D eigenvalue weighted by molar-refractivity contribution is 0.280. The Kier molecular flexibility index (Phi) is 6.26. The molecule has 0 spiro atoms. The van der Waals surface area contributed by atoms with Crippen molar-refractivity contribution in [1.82, 2.24) is 0 Å². The number of hydrogen-bond acceptors (Lipinski definition) is 3. The normalized spacial score (nSPS) is 11.8. The Morgan fingerprint density at radius 1 is 0.923 bits per heavy atom. The Hall–Kier alpha value is -2.37. The van der Waals surface area contributed by atoms with Crippen LogP contribution in [0.15, 0.2) is 77.3 Å². The first-order valence-corrected chi connectivity index (χ1v) is 9.01. The van der Waals surface area contributed by atoms with Crippen LogP contribution in [0.2, 0.25) is 0 Å². The van der Waals surface area contributed by atoms with Crippen molar-refractivity contribution < 1.29 is 13.9 Å². The molecule has 3 aromatic rings. The number of ether oxygens (including phenoxy) is 2. The van der Waals surface area contributed by atoms with Crippen LogP contribution in [0.1, 0.15) is 17.2 Å². The molecule has 3 aromatic carbocycles. The van der Waals surface area contributed by atoms with Gasteiger partial charge in [-0.1, -0.05) is 42.5 Å². The molecule has 3 nitrogen and oxygen atoms in total. The number of halogens is 2. The summed E-state index contributed by atoms with van der Waals surface area (Å²) in [5.41, 5.74) is 8.03. The van der Waals surface area contributed by atoms with Crippen LogP contribution >= 0.6 is 15.9 Å². The summed E-state index contributed by atoms with van der Waals surface area (Å²) in [5, 5.41) is 0. The Balaban J connectivity index is 1.61. The van der Waals surface area contributed by atoms with Gasteiger partial charge in [-0.2, -0.15) is 0 Å². The molecule has 0 radical (unpaired) electrons. The molecule has 3 rings (SSSR count). The SMILES string of the molecule is NC(COc1cc(OCc2ccccc2)ccc1Br)c1ccc(F)cc1. The molecule has 1 atom stereocenters. The fourth-order valence-electron chi connectivity index (χ4n) is 2.41. The minimum absolute atomic E-state index is 0.270. The predicted octanol–water partition coefficient (Wildman–Crippen LogP) is 5.25. The van der Waals surface area contributed by atoms with Gasteiger partial charge in [0, 0.05) is 6.07 Å². The third kappa shape index (κ3) is 5.07. The maximum absolute atomic E-state index is 13.0. The largest absolute Gasteiger partial charge is 0.490 e. The van der Waals surface area contributed by atoms with Crippen LogP contribution in [0.3, 0.4) is 0 Å². The fourth-order valence-corrected chi connectivity index (χ4v) is 2.77. The molecule has 0 heterocycles. The second kappa shape index (κ2) is 8.83. The van der Waals surface area contributed by atoms with Crippen molar-refractivity contribution in [2.45, 2.75) is 12.6 Å². The molecule has 0 fully saturated rings. The second-order valence-corrected chi connectivity index (χ2v) is 6.69. The van der Waals surface area contributed by atoms with Crippen LogP contribution in [0.25, 0.3) is 0 Å². The van der Waals surface area contributed by atoms with Crippen molar-refractivity contribution in [1.29, 1.82) is 0 Å². The Morgan fingerprint density at radius 3 is 2.38 bits per heavy atom. The number of nitrogens with two attached hydrogens (primary N) is 1. The number of benzene rings is 3. The zero-order valence-corrected chi connectivity index (χ0v) is 15.7. The van der Waals surface area contributed by atoms with E-state index in [1.165, 1.54) is 12.1 Å². The first-order valence-electron chi connectivity index (χ1n) is 8.22. The molecule has 2 N–H and O–H groups in total. The van der Waals surface area contributed by atoms with Gasteiger partial charge in [-0.05, 0) is 51.3 Å².